The highest BCUT2D eigenvalue weighted by atomic mass is 35.5. The van der Waals surface area contributed by atoms with E-state index in [4.69, 9.17) is 4.74 Å². The van der Waals surface area contributed by atoms with Gasteiger partial charge in [0, 0.05) is 34.5 Å². The molecule has 0 aliphatic heterocycles. The second-order valence-electron chi connectivity index (χ2n) is 7.62. The van der Waals surface area contributed by atoms with Gasteiger partial charge < -0.3 is 20.5 Å². The van der Waals surface area contributed by atoms with Gasteiger partial charge in [0.25, 0.3) is 0 Å². The minimum Gasteiger partial charge on any atom is -0.490 e. The number of amides is 1. The molecule has 150 valence electrons. The summed E-state index contributed by atoms with van der Waals surface area (Å²) in [4.78, 5) is 11.7. The topological polar surface area (TPSA) is 70.6 Å². The van der Waals surface area contributed by atoms with Crippen molar-refractivity contribution in [2.45, 2.75) is 58.7 Å². The molecule has 2 unspecified atom stereocenters. The molecule has 0 aliphatic rings. The molecular formula is C21H31ClN2O3. The average molecular weight is 395 g/mol. The lowest BCUT2D eigenvalue weighted by molar-refractivity contribution is -0.115. The van der Waals surface area contributed by atoms with E-state index in [1.807, 2.05) is 50.2 Å². The van der Waals surface area contributed by atoms with Gasteiger partial charge in [-0.1, -0.05) is 31.2 Å². The van der Waals surface area contributed by atoms with E-state index in [2.05, 4.69) is 31.4 Å². The zero-order valence-electron chi connectivity index (χ0n) is 16.7. The van der Waals surface area contributed by atoms with E-state index in [9.17, 15) is 9.90 Å². The summed E-state index contributed by atoms with van der Waals surface area (Å²) in [6, 6.07) is 11.3. The van der Waals surface area contributed by atoms with Crippen LogP contribution in [0.25, 0.3) is 10.8 Å². The van der Waals surface area contributed by atoms with E-state index in [0.717, 1.165) is 16.5 Å². The molecule has 5 nitrogen and oxygen atoms in total. The van der Waals surface area contributed by atoms with Crippen molar-refractivity contribution in [3.8, 4) is 5.75 Å². The van der Waals surface area contributed by atoms with Crippen LogP contribution in [0.2, 0.25) is 0 Å². The fraction of sp³-hybridized carbons (Fsp3) is 0.476. The summed E-state index contributed by atoms with van der Waals surface area (Å²) in [7, 11) is 0. The number of aliphatic hydroxyl groups is 1. The maximum atomic E-state index is 11.7. The molecule has 27 heavy (non-hydrogen) atoms. The summed E-state index contributed by atoms with van der Waals surface area (Å²) in [6.45, 7) is 10.1. The van der Waals surface area contributed by atoms with Crippen LogP contribution in [0.15, 0.2) is 36.4 Å². The number of hydrogen-bond acceptors (Lipinski definition) is 4. The normalized spacial score (nSPS) is 13.6. The molecule has 2 rings (SSSR count). The van der Waals surface area contributed by atoms with Crippen LogP contribution in [-0.4, -0.2) is 35.3 Å². The second kappa shape index (κ2) is 9.93. The Morgan fingerprint density at radius 1 is 1.15 bits per heavy atom. The second-order valence-corrected chi connectivity index (χ2v) is 7.62. The van der Waals surface area contributed by atoms with Gasteiger partial charge in [-0.2, -0.15) is 0 Å². The van der Waals surface area contributed by atoms with Gasteiger partial charge in [0.1, 0.15) is 18.5 Å². The summed E-state index contributed by atoms with van der Waals surface area (Å²) < 4.78 is 5.90. The Hall–Kier alpha value is -1.82. The Morgan fingerprint density at radius 3 is 2.41 bits per heavy atom. The lowest BCUT2D eigenvalue weighted by atomic mass is 10.1. The van der Waals surface area contributed by atoms with Crippen molar-refractivity contribution >= 4 is 34.8 Å². The number of carbonyl (C=O) groups is 1. The molecule has 0 saturated carbocycles. The molecule has 0 aromatic heterocycles. The minimum absolute atomic E-state index is 0. The minimum atomic E-state index is -0.632. The number of ether oxygens (including phenoxy) is 1. The first-order chi connectivity index (χ1) is 12.2. The average Bonchev–Trinajstić information content (AvgIpc) is 2.58. The predicted molar refractivity (Wildman–Crippen MR) is 114 cm³/mol. The number of rotatable bonds is 7. The number of nitrogens with one attached hydrogen (secondary N) is 2. The SMILES string of the molecule is CCC(=O)Nc1cccc2c(OCC(O)C(C)NC(C)(C)C)cccc12.Cl. The molecule has 0 heterocycles. The van der Waals surface area contributed by atoms with E-state index in [0.29, 0.717) is 12.2 Å². The molecule has 2 atom stereocenters. The molecule has 0 saturated heterocycles. The van der Waals surface area contributed by atoms with Crippen LogP contribution in [0, 0.1) is 0 Å². The van der Waals surface area contributed by atoms with Crippen molar-refractivity contribution < 1.29 is 14.6 Å². The Bertz CT molecular complexity index is 759. The predicted octanol–water partition coefficient (Wildman–Crippen LogP) is 4.13. The van der Waals surface area contributed by atoms with Crippen LogP contribution < -0.4 is 15.4 Å². The maximum absolute atomic E-state index is 11.7. The highest BCUT2D eigenvalue weighted by molar-refractivity contribution is 6.03. The van der Waals surface area contributed by atoms with Gasteiger partial charge >= 0.3 is 0 Å². The molecular weight excluding hydrogens is 364 g/mol. The van der Waals surface area contributed by atoms with Crippen LogP contribution in [0.4, 0.5) is 5.69 Å². The number of halogens is 1. The first kappa shape index (κ1) is 23.2. The van der Waals surface area contributed by atoms with Crippen molar-refractivity contribution in [2.24, 2.45) is 0 Å². The van der Waals surface area contributed by atoms with E-state index >= 15 is 0 Å². The van der Waals surface area contributed by atoms with Crippen molar-refractivity contribution in [1.82, 2.24) is 5.32 Å². The van der Waals surface area contributed by atoms with E-state index in [1.54, 1.807) is 0 Å². The molecule has 2 aromatic rings. The summed E-state index contributed by atoms with van der Waals surface area (Å²) in [5.41, 5.74) is 0.690. The van der Waals surface area contributed by atoms with Crippen molar-refractivity contribution in [1.29, 1.82) is 0 Å². The monoisotopic (exact) mass is 394 g/mol. The molecule has 0 spiro atoms. The number of anilines is 1. The molecule has 0 aliphatic carbocycles. The Morgan fingerprint density at radius 2 is 1.78 bits per heavy atom. The molecule has 3 N–H and O–H groups in total. The first-order valence-corrected chi connectivity index (χ1v) is 9.11. The smallest absolute Gasteiger partial charge is 0.224 e. The Kier molecular flexibility index (Phi) is 8.54. The molecule has 0 bridgehead atoms. The third-order valence-electron chi connectivity index (χ3n) is 4.12. The van der Waals surface area contributed by atoms with Crippen LogP contribution >= 0.6 is 12.4 Å². The largest absolute Gasteiger partial charge is 0.490 e. The highest BCUT2D eigenvalue weighted by Gasteiger charge is 2.21. The van der Waals surface area contributed by atoms with Gasteiger partial charge in [-0.05, 0) is 39.8 Å². The quantitative estimate of drug-likeness (QED) is 0.660. The van der Waals surface area contributed by atoms with Gasteiger partial charge in [0.15, 0.2) is 0 Å². The lowest BCUT2D eigenvalue weighted by Gasteiger charge is -2.29. The van der Waals surface area contributed by atoms with Gasteiger partial charge in [-0.25, -0.2) is 0 Å². The third kappa shape index (κ3) is 6.69. The van der Waals surface area contributed by atoms with Gasteiger partial charge in [0.05, 0.1) is 0 Å². The first-order valence-electron chi connectivity index (χ1n) is 9.11. The zero-order chi connectivity index (χ0) is 19.3. The number of aliphatic hydroxyl groups excluding tert-OH is 1. The van der Waals surface area contributed by atoms with Gasteiger partial charge in [0.2, 0.25) is 5.91 Å². The molecule has 2 aromatic carbocycles. The van der Waals surface area contributed by atoms with Crippen LogP contribution in [0.5, 0.6) is 5.75 Å². The Labute approximate surface area is 167 Å². The van der Waals surface area contributed by atoms with Crippen LogP contribution in [0.1, 0.15) is 41.0 Å². The highest BCUT2D eigenvalue weighted by Crippen LogP contribution is 2.31. The lowest BCUT2D eigenvalue weighted by Crippen LogP contribution is -2.49. The summed E-state index contributed by atoms with van der Waals surface area (Å²) in [5, 5.41) is 18.5. The number of carbonyl (C=O) groups excluding carboxylic acids is 1. The maximum Gasteiger partial charge on any atom is 0.224 e. The van der Waals surface area contributed by atoms with Crippen molar-refractivity contribution in [3.63, 3.8) is 0 Å². The Balaban J connectivity index is 0.00000364. The van der Waals surface area contributed by atoms with E-state index < -0.39 is 6.10 Å². The molecule has 6 heteroatoms. The fourth-order valence-electron chi connectivity index (χ4n) is 2.85. The molecule has 1 amide bonds. The van der Waals surface area contributed by atoms with Crippen molar-refractivity contribution in [2.75, 3.05) is 11.9 Å². The summed E-state index contributed by atoms with van der Waals surface area (Å²) >= 11 is 0. The van der Waals surface area contributed by atoms with Crippen molar-refractivity contribution in [3.05, 3.63) is 36.4 Å². The van der Waals surface area contributed by atoms with E-state index in [-0.39, 0.29) is 36.5 Å². The zero-order valence-corrected chi connectivity index (χ0v) is 17.5. The van der Waals surface area contributed by atoms with Crippen LogP contribution in [0.3, 0.4) is 0 Å². The number of hydrogen-bond donors (Lipinski definition) is 3. The summed E-state index contributed by atoms with van der Waals surface area (Å²) in [6.07, 6.45) is -0.204. The van der Waals surface area contributed by atoms with Gasteiger partial charge in [-0.3, -0.25) is 4.79 Å². The number of benzene rings is 2. The van der Waals surface area contributed by atoms with E-state index in [1.165, 1.54) is 0 Å². The van der Waals surface area contributed by atoms with Crippen LogP contribution in [-0.2, 0) is 4.79 Å². The standard InChI is InChI=1S/C21H30N2O3.ClH/c1-6-20(25)22-17-11-7-10-16-15(17)9-8-12-19(16)26-13-18(24)14(2)23-21(3,4)5;/h7-12,14,18,23-24H,6,13H2,1-5H3,(H,22,25);1H. The number of fused-ring (bicyclic) bond motifs is 1. The summed E-state index contributed by atoms with van der Waals surface area (Å²) in [5.74, 6) is 0.665. The fourth-order valence-corrected chi connectivity index (χ4v) is 2.85. The molecule has 0 fully saturated rings. The van der Waals surface area contributed by atoms with Gasteiger partial charge in [-0.15, -0.1) is 12.4 Å². The third-order valence-corrected chi connectivity index (χ3v) is 4.12. The molecule has 0 radical (unpaired) electrons.